The molecule has 0 unspecified atom stereocenters. The molecule has 2 aromatic rings. The number of aryl methyl sites for hydroxylation is 1. The zero-order chi connectivity index (χ0) is 13.7. The maximum atomic E-state index is 5.38. The van der Waals surface area contributed by atoms with Crippen LogP contribution in [-0.2, 0) is 6.54 Å². The van der Waals surface area contributed by atoms with Crippen molar-refractivity contribution in [1.29, 1.82) is 0 Å². The smallest absolute Gasteiger partial charge is 0.165 e. The summed E-state index contributed by atoms with van der Waals surface area (Å²) >= 11 is 0. The third kappa shape index (κ3) is 3.13. The number of para-hydroxylation sites is 1. The number of nitrogens with zero attached hydrogens (tertiary/aromatic N) is 2. The van der Waals surface area contributed by atoms with E-state index in [0.717, 1.165) is 28.6 Å². The molecule has 0 bridgehead atoms. The summed E-state index contributed by atoms with van der Waals surface area (Å²) in [5.74, 6) is 2.25. The molecule has 0 saturated carbocycles. The largest absolute Gasteiger partial charge is 0.493 e. The van der Waals surface area contributed by atoms with Gasteiger partial charge in [-0.05, 0) is 13.0 Å². The van der Waals surface area contributed by atoms with Crippen LogP contribution in [0, 0.1) is 6.92 Å². The Hall–Kier alpha value is -2.30. The lowest BCUT2D eigenvalue weighted by molar-refractivity contribution is 0.352. The number of aromatic nitrogens is 2. The molecule has 0 amide bonds. The van der Waals surface area contributed by atoms with Crippen LogP contribution in [-0.4, -0.2) is 24.2 Å². The molecule has 100 valence electrons. The van der Waals surface area contributed by atoms with E-state index in [4.69, 9.17) is 9.47 Å². The predicted molar refractivity (Wildman–Crippen MR) is 73.6 cm³/mol. The lowest BCUT2D eigenvalue weighted by Gasteiger charge is -2.13. The van der Waals surface area contributed by atoms with Crippen LogP contribution in [0.15, 0.2) is 30.6 Å². The standard InChI is InChI=1S/C14H17N3O2/c1-10-7-13(17-9-16-10)15-8-11-5-4-6-12(18-2)14(11)19-3/h4-7,9H,8H2,1-3H3,(H,15,16,17). The Morgan fingerprint density at radius 1 is 1.16 bits per heavy atom. The molecule has 0 atom stereocenters. The molecule has 1 N–H and O–H groups in total. The first-order valence-electron chi connectivity index (χ1n) is 5.97. The van der Waals surface area contributed by atoms with Crippen molar-refractivity contribution in [2.24, 2.45) is 0 Å². The van der Waals surface area contributed by atoms with E-state index in [0.29, 0.717) is 6.54 Å². The number of hydrogen-bond donors (Lipinski definition) is 1. The Balaban J connectivity index is 2.15. The number of methoxy groups -OCH3 is 2. The lowest BCUT2D eigenvalue weighted by Crippen LogP contribution is -2.04. The van der Waals surface area contributed by atoms with Gasteiger partial charge in [-0.15, -0.1) is 0 Å². The van der Waals surface area contributed by atoms with Crippen molar-refractivity contribution in [2.45, 2.75) is 13.5 Å². The Morgan fingerprint density at radius 2 is 2.00 bits per heavy atom. The normalized spacial score (nSPS) is 10.1. The quantitative estimate of drug-likeness (QED) is 0.893. The second-order valence-electron chi connectivity index (χ2n) is 4.05. The monoisotopic (exact) mass is 259 g/mol. The second kappa shape index (κ2) is 6.04. The number of anilines is 1. The van der Waals surface area contributed by atoms with Crippen molar-refractivity contribution in [3.63, 3.8) is 0 Å². The van der Waals surface area contributed by atoms with Crippen LogP contribution in [0.25, 0.3) is 0 Å². The first kappa shape index (κ1) is 13.1. The molecule has 0 aliphatic carbocycles. The Labute approximate surface area is 112 Å². The zero-order valence-corrected chi connectivity index (χ0v) is 11.3. The van der Waals surface area contributed by atoms with Crippen molar-refractivity contribution < 1.29 is 9.47 Å². The van der Waals surface area contributed by atoms with E-state index in [1.54, 1.807) is 20.5 Å². The van der Waals surface area contributed by atoms with Gasteiger partial charge in [-0.1, -0.05) is 12.1 Å². The highest BCUT2D eigenvalue weighted by molar-refractivity contribution is 5.48. The number of rotatable bonds is 5. The molecule has 0 fully saturated rings. The van der Waals surface area contributed by atoms with Crippen molar-refractivity contribution in [3.8, 4) is 11.5 Å². The summed E-state index contributed by atoms with van der Waals surface area (Å²) in [6.45, 7) is 2.54. The molecule has 0 spiro atoms. The van der Waals surface area contributed by atoms with E-state index in [1.807, 2.05) is 31.2 Å². The molecule has 2 rings (SSSR count). The van der Waals surface area contributed by atoms with Gasteiger partial charge in [0.15, 0.2) is 11.5 Å². The third-order valence-corrected chi connectivity index (χ3v) is 2.75. The highest BCUT2D eigenvalue weighted by Crippen LogP contribution is 2.30. The summed E-state index contributed by atoms with van der Waals surface area (Å²) in [6, 6.07) is 7.69. The van der Waals surface area contributed by atoms with Gasteiger partial charge in [-0.3, -0.25) is 0 Å². The van der Waals surface area contributed by atoms with Crippen LogP contribution in [0.2, 0.25) is 0 Å². The molecule has 1 aromatic heterocycles. The van der Waals surface area contributed by atoms with Crippen molar-refractivity contribution in [3.05, 3.63) is 41.9 Å². The summed E-state index contributed by atoms with van der Waals surface area (Å²) in [5.41, 5.74) is 1.94. The SMILES string of the molecule is COc1cccc(CNc2cc(C)ncn2)c1OC. The Morgan fingerprint density at radius 3 is 2.68 bits per heavy atom. The predicted octanol–water partition coefficient (Wildman–Crippen LogP) is 2.41. The molecular weight excluding hydrogens is 242 g/mol. The average molecular weight is 259 g/mol. The molecule has 1 heterocycles. The van der Waals surface area contributed by atoms with Crippen LogP contribution in [0.3, 0.4) is 0 Å². The van der Waals surface area contributed by atoms with Crippen LogP contribution in [0.1, 0.15) is 11.3 Å². The maximum absolute atomic E-state index is 5.38. The zero-order valence-electron chi connectivity index (χ0n) is 11.3. The highest BCUT2D eigenvalue weighted by atomic mass is 16.5. The molecule has 0 radical (unpaired) electrons. The molecule has 19 heavy (non-hydrogen) atoms. The molecular formula is C14H17N3O2. The highest BCUT2D eigenvalue weighted by Gasteiger charge is 2.09. The second-order valence-corrected chi connectivity index (χ2v) is 4.05. The van der Waals surface area contributed by atoms with Crippen molar-refractivity contribution >= 4 is 5.82 Å². The fourth-order valence-corrected chi connectivity index (χ4v) is 1.83. The van der Waals surface area contributed by atoms with Gasteiger partial charge in [-0.25, -0.2) is 9.97 Å². The summed E-state index contributed by atoms with van der Waals surface area (Å²) in [6.07, 6.45) is 1.54. The summed E-state index contributed by atoms with van der Waals surface area (Å²) < 4.78 is 10.7. The van der Waals surface area contributed by atoms with Gasteiger partial charge < -0.3 is 14.8 Å². The minimum absolute atomic E-state index is 0.608. The van der Waals surface area contributed by atoms with E-state index in [9.17, 15) is 0 Å². The number of benzene rings is 1. The van der Waals surface area contributed by atoms with Gasteiger partial charge in [0.2, 0.25) is 0 Å². The molecule has 1 aromatic carbocycles. The van der Waals surface area contributed by atoms with Gasteiger partial charge in [-0.2, -0.15) is 0 Å². The summed E-state index contributed by atoms with van der Waals surface area (Å²) in [4.78, 5) is 8.22. The Bertz CT molecular complexity index is 558. The minimum atomic E-state index is 0.608. The fraction of sp³-hybridized carbons (Fsp3) is 0.286. The first-order valence-corrected chi connectivity index (χ1v) is 5.97. The summed E-state index contributed by atoms with van der Waals surface area (Å²) in [7, 11) is 3.26. The molecule has 0 aliphatic rings. The van der Waals surface area contributed by atoms with E-state index >= 15 is 0 Å². The third-order valence-electron chi connectivity index (χ3n) is 2.75. The fourth-order valence-electron chi connectivity index (χ4n) is 1.83. The van der Waals surface area contributed by atoms with Crippen LogP contribution in [0.4, 0.5) is 5.82 Å². The lowest BCUT2D eigenvalue weighted by atomic mass is 10.2. The van der Waals surface area contributed by atoms with Crippen molar-refractivity contribution in [1.82, 2.24) is 9.97 Å². The van der Waals surface area contributed by atoms with Gasteiger partial charge in [0.05, 0.1) is 14.2 Å². The van der Waals surface area contributed by atoms with Gasteiger partial charge in [0.1, 0.15) is 12.1 Å². The molecule has 0 saturated heterocycles. The van der Waals surface area contributed by atoms with Gasteiger partial charge in [0, 0.05) is 23.9 Å². The van der Waals surface area contributed by atoms with E-state index in [-0.39, 0.29) is 0 Å². The summed E-state index contributed by atoms with van der Waals surface area (Å²) in [5, 5.41) is 3.24. The van der Waals surface area contributed by atoms with Gasteiger partial charge >= 0.3 is 0 Å². The van der Waals surface area contributed by atoms with Crippen molar-refractivity contribution in [2.75, 3.05) is 19.5 Å². The molecule has 5 nitrogen and oxygen atoms in total. The number of ether oxygens (including phenoxy) is 2. The van der Waals surface area contributed by atoms with Crippen LogP contribution >= 0.6 is 0 Å². The topological polar surface area (TPSA) is 56.3 Å². The van der Waals surface area contributed by atoms with E-state index < -0.39 is 0 Å². The molecule has 0 aliphatic heterocycles. The number of nitrogens with one attached hydrogen (secondary N) is 1. The first-order chi connectivity index (χ1) is 9.24. The number of hydrogen-bond acceptors (Lipinski definition) is 5. The minimum Gasteiger partial charge on any atom is -0.493 e. The average Bonchev–Trinajstić information content (AvgIpc) is 2.44. The van der Waals surface area contributed by atoms with Gasteiger partial charge in [0.25, 0.3) is 0 Å². The van der Waals surface area contributed by atoms with E-state index in [1.165, 1.54) is 0 Å². The Kier molecular flexibility index (Phi) is 4.18. The van der Waals surface area contributed by atoms with Crippen LogP contribution < -0.4 is 14.8 Å². The molecule has 5 heteroatoms. The maximum Gasteiger partial charge on any atom is 0.165 e. The van der Waals surface area contributed by atoms with E-state index in [2.05, 4.69) is 15.3 Å². The van der Waals surface area contributed by atoms with Crippen LogP contribution in [0.5, 0.6) is 11.5 Å².